The van der Waals surface area contributed by atoms with Gasteiger partial charge in [-0.2, -0.15) is 5.10 Å². The van der Waals surface area contributed by atoms with Crippen LogP contribution < -0.4 is 0 Å². The van der Waals surface area contributed by atoms with Crippen molar-refractivity contribution in [3.8, 4) is 0 Å². The highest BCUT2D eigenvalue weighted by atomic mass is 16.5. The maximum absolute atomic E-state index is 8.08. The minimum absolute atomic E-state index is 0.0740. The highest BCUT2D eigenvalue weighted by molar-refractivity contribution is 5.25. The smallest absolute Gasteiger partial charge is 0.124 e. The number of rotatable bonds is 6. The van der Waals surface area contributed by atoms with Gasteiger partial charge in [0.05, 0.1) is 15.0 Å². The average molecular weight is 264 g/mol. The maximum atomic E-state index is 8.08. The molecule has 0 bridgehead atoms. The van der Waals surface area contributed by atoms with Crippen LogP contribution in [-0.2, 0) is 11.7 Å². The molecule has 1 atom stereocenters. The molecule has 0 aliphatic carbocycles. The van der Waals surface area contributed by atoms with Crippen LogP contribution in [0, 0.1) is 0 Å². The number of nitrogens with zero attached hydrogens (tertiary/aromatic N) is 3. The number of aromatic nitrogens is 2. The summed E-state index contributed by atoms with van der Waals surface area (Å²) in [6.07, 6.45) is -1.15. The second kappa shape index (κ2) is 6.50. The highest BCUT2D eigenvalue weighted by Gasteiger charge is 2.17. The molecule has 0 radical (unpaired) electrons. The molecule has 1 heterocycles. The second-order valence-corrected chi connectivity index (χ2v) is 4.50. The Kier molecular flexibility index (Phi) is 2.91. The zero-order chi connectivity index (χ0) is 17.9. The minimum atomic E-state index is -2.58. The normalized spacial score (nSPS) is 17.3. The third-order valence-electron chi connectivity index (χ3n) is 2.74. The molecule has 0 saturated carbocycles. The summed E-state index contributed by atoms with van der Waals surface area (Å²) in [6, 6.07) is 8.86. The van der Waals surface area contributed by atoms with Gasteiger partial charge in [-0.3, -0.25) is 4.68 Å². The average Bonchev–Trinajstić information content (AvgIpc) is 2.80. The summed E-state index contributed by atoms with van der Waals surface area (Å²) >= 11 is 0. The van der Waals surface area contributed by atoms with Gasteiger partial charge < -0.3 is 9.64 Å². The van der Waals surface area contributed by atoms with E-state index in [0.29, 0.717) is 13.2 Å². The maximum Gasteiger partial charge on any atom is 0.124 e. The Balaban J connectivity index is 2.48. The van der Waals surface area contributed by atoms with E-state index in [9.17, 15) is 0 Å². The molecule has 0 N–H and O–H groups in total. The molecule has 4 nitrogen and oxygen atoms in total. The molecular weight excluding hydrogens is 238 g/mol. The molecule has 0 saturated heterocycles. The molecule has 0 aliphatic heterocycles. The Morgan fingerprint density at radius 3 is 2.89 bits per heavy atom. The Bertz CT molecular complexity index is 670. The lowest BCUT2D eigenvalue weighted by Gasteiger charge is -2.20. The van der Waals surface area contributed by atoms with Gasteiger partial charge in [-0.1, -0.05) is 30.3 Å². The number of aryl methyl sites for hydroxylation is 1. The number of benzene rings is 1. The summed E-state index contributed by atoms with van der Waals surface area (Å²) in [4.78, 5) is 1.95. The van der Waals surface area contributed by atoms with E-state index in [4.69, 9.17) is 11.6 Å². The van der Waals surface area contributed by atoms with Crippen molar-refractivity contribution in [2.45, 2.75) is 6.10 Å². The first-order valence-corrected chi connectivity index (χ1v) is 6.09. The molecule has 19 heavy (non-hydrogen) atoms. The first-order valence-electron chi connectivity index (χ1n) is 8.59. The van der Waals surface area contributed by atoms with E-state index in [1.807, 2.05) is 37.2 Å². The van der Waals surface area contributed by atoms with Crippen LogP contribution in [0.1, 0.15) is 24.2 Å². The Labute approximate surface area is 121 Å². The zero-order valence-corrected chi connectivity index (χ0v) is 11.1. The quantitative estimate of drug-likeness (QED) is 0.800. The van der Waals surface area contributed by atoms with Crippen molar-refractivity contribution in [2.24, 2.45) is 6.98 Å². The van der Waals surface area contributed by atoms with E-state index in [0.717, 1.165) is 10.2 Å². The lowest BCUT2D eigenvalue weighted by Crippen LogP contribution is -2.20. The Morgan fingerprint density at radius 1 is 1.42 bits per heavy atom. The Morgan fingerprint density at radius 2 is 2.21 bits per heavy atom. The van der Waals surface area contributed by atoms with Gasteiger partial charge in [0.2, 0.25) is 0 Å². The molecule has 2 aromatic rings. The predicted octanol–water partition coefficient (Wildman–Crippen LogP) is 2.09. The van der Waals surface area contributed by atoms with Crippen LogP contribution in [0.15, 0.2) is 42.5 Å². The largest absolute Gasteiger partial charge is 0.366 e. The third kappa shape index (κ3) is 3.66. The molecule has 1 aromatic carbocycles. The molecule has 1 aromatic heterocycles. The highest BCUT2D eigenvalue weighted by Crippen LogP contribution is 2.25. The van der Waals surface area contributed by atoms with Gasteiger partial charge in [0.25, 0.3) is 0 Å². The van der Waals surface area contributed by atoms with Crippen molar-refractivity contribution < 1.29 is 11.6 Å². The van der Waals surface area contributed by atoms with Gasteiger partial charge in [-0.15, -0.1) is 0 Å². The first-order chi connectivity index (χ1) is 11.2. The number of hydrogen-bond acceptors (Lipinski definition) is 3. The topological polar surface area (TPSA) is 30.3 Å². The summed E-state index contributed by atoms with van der Waals surface area (Å²) in [6.45, 7) is -1.58. The van der Waals surface area contributed by atoms with Crippen LogP contribution in [0.5, 0.6) is 0 Å². The summed E-state index contributed by atoms with van der Waals surface area (Å²) < 4.78 is 45.4. The molecule has 0 aliphatic rings. The van der Waals surface area contributed by atoms with E-state index >= 15 is 0 Å². The van der Waals surface area contributed by atoms with Crippen LogP contribution in [0.3, 0.4) is 0 Å². The third-order valence-corrected chi connectivity index (χ3v) is 2.74. The van der Waals surface area contributed by atoms with Gasteiger partial charge in [-0.25, -0.2) is 0 Å². The van der Waals surface area contributed by atoms with Gasteiger partial charge in [0.1, 0.15) is 6.10 Å². The summed E-state index contributed by atoms with van der Waals surface area (Å²) in [5.41, 5.74) is 0.792. The van der Waals surface area contributed by atoms with Crippen LogP contribution in [0.2, 0.25) is 0 Å². The number of ether oxygens (including phenoxy) is 1. The zero-order valence-electron chi connectivity index (χ0n) is 16.1. The van der Waals surface area contributed by atoms with Gasteiger partial charge in [0.15, 0.2) is 0 Å². The van der Waals surface area contributed by atoms with Crippen LogP contribution in [0.25, 0.3) is 0 Å². The fraction of sp³-hybridized carbons (Fsp3) is 0.400. The number of likely N-dealkylation sites (N-methyl/N-ethyl adjacent to an activating group) is 1. The summed E-state index contributed by atoms with van der Waals surface area (Å²) in [5, 5.41) is 3.71. The van der Waals surface area contributed by atoms with E-state index in [1.54, 1.807) is 12.1 Å². The predicted molar refractivity (Wildman–Crippen MR) is 76.0 cm³/mol. The van der Waals surface area contributed by atoms with Crippen LogP contribution in [0.4, 0.5) is 0 Å². The summed E-state index contributed by atoms with van der Waals surface area (Å²) in [7, 11) is 3.82. The second-order valence-electron chi connectivity index (χ2n) is 4.50. The van der Waals surface area contributed by atoms with Crippen molar-refractivity contribution >= 4 is 0 Å². The van der Waals surface area contributed by atoms with Crippen molar-refractivity contribution in [2.75, 3.05) is 27.2 Å². The van der Waals surface area contributed by atoms with E-state index in [2.05, 4.69) is 5.10 Å². The summed E-state index contributed by atoms with van der Waals surface area (Å²) in [5.74, 6) is 0. The van der Waals surface area contributed by atoms with Crippen molar-refractivity contribution in [3.05, 3.63) is 53.8 Å². The van der Waals surface area contributed by atoms with Crippen molar-refractivity contribution in [1.82, 2.24) is 14.7 Å². The number of hydrogen-bond donors (Lipinski definition) is 0. The van der Waals surface area contributed by atoms with Gasteiger partial charge in [-0.05, 0) is 25.7 Å². The monoisotopic (exact) mass is 264 g/mol. The van der Waals surface area contributed by atoms with E-state index in [1.165, 1.54) is 0 Å². The molecule has 1 unspecified atom stereocenters. The molecule has 4 heteroatoms. The lowest BCUT2D eigenvalue weighted by molar-refractivity contribution is 0.0638. The fourth-order valence-electron chi connectivity index (χ4n) is 1.73. The minimum Gasteiger partial charge on any atom is -0.366 e. The molecule has 0 spiro atoms. The van der Waals surface area contributed by atoms with Crippen LogP contribution in [-0.4, -0.2) is 41.9 Å². The molecule has 0 amide bonds. The molecule has 0 fully saturated rings. The van der Waals surface area contributed by atoms with E-state index in [-0.39, 0.29) is 17.9 Å². The first kappa shape index (κ1) is 8.51. The lowest BCUT2D eigenvalue weighted by atomic mass is 10.1. The van der Waals surface area contributed by atoms with Crippen molar-refractivity contribution in [1.29, 1.82) is 0 Å². The fourth-order valence-corrected chi connectivity index (χ4v) is 1.73. The molecule has 102 valence electrons. The SMILES string of the molecule is [2H]c1nn(C([2H])([2H])[2H])c(C(OCCN(C)C)c2ccccc2)c1[2H]. The molecular formula is C15H21N3O. The Hall–Kier alpha value is -1.65. The standard InChI is InChI=1S/C15H21N3O/c1-17(2)11-12-19-15(13-7-5-4-6-8-13)14-9-10-16-18(14)3/h4-10,15H,11-12H2,1-3H3/i3D3,9D,10D. The van der Waals surface area contributed by atoms with Crippen LogP contribution >= 0.6 is 0 Å². The van der Waals surface area contributed by atoms with Gasteiger partial charge >= 0.3 is 0 Å². The molecule has 2 rings (SSSR count). The van der Waals surface area contributed by atoms with Crippen molar-refractivity contribution in [3.63, 3.8) is 0 Å². The van der Waals surface area contributed by atoms with E-state index < -0.39 is 13.1 Å². The van der Waals surface area contributed by atoms with Gasteiger partial charge in [0, 0.05) is 23.8 Å².